The van der Waals surface area contributed by atoms with Gasteiger partial charge in [-0.05, 0) is 26.0 Å². The summed E-state index contributed by atoms with van der Waals surface area (Å²) < 4.78 is 0. The molecule has 0 unspecified atom stereocenters. The zero-order chi connectivity index (χ0) is 13.4. The molecule has 2 heterocycles. The number of hydrogen-bond donors (Lipinski definition) is 3. The van der Waals surface area contributed by atoms with Crippen molar-refractivity contribution in [3.63, 3.8) is 0 Å². The van der Waals surface area contributed by atoms with Crippen LogP contribution in [0, 0.1) is 13.8 Å². The van der Waals surface area contributed by atoms with Gasteiger partial charge in [-0.3, -0.25) is 9.89 Å². The van der Waals surface area contributed by atoms with Crippen LogP contribution in [-0.4, -0.2) is 21.1 Å². The first kappa shape index (κ1) is 11.5. The molecule has 0 bridgehead atoms. The summed E-state index contributed by atoms with van der Waals surface area (Å²) in [5.41, 5.74) is 3.86. The summed E-state index contributed by atoms with van der Waals surface area (Å²) in [4.78, 5) is 15.3. The fourth-order valence-electron chi connectivity index (χ4n) is 2.11. The number of H-pyrrole nitrogens is 2. The molecular formula is C14H14N4O. The highest BCUT2D eigenvalue weighted by Gasteiger charge is 2.13. The second kappa shape index (κ2) is 4.28. The number of nitrogens with one attached hydrogen (secondary N) is 3. The molecule has 1 aromatic carbocycles. The van der Waals surface area contributed by atoms with Crippen LogP contribution in [0.4, 0.5) is 5.69 Å². The molecule has 0 spiro atoms. The molecule has 0 saturated heterocycles. The van der Waals surface area contributed by atoms with Crippen molar-refractivity contribution in [2.45, 2.75) is 13.8 Å². The van der Waals surface area contributed by atoms with E-state index < -0.39 is 0 Å². The third-order valence-corrected chi connectivity index (χ3v) is 3.14. The van der Waals surface area contributed by atoms with Crippen LogP contribution in [0.15, 0.2) is 30.3 Å². The van der Waals surface area contributed by atoms with Crippen molar-refractivity contribution in [1.29, 1.82) is 0 Å². The normalized spacial score (nSPS) is 10.8. The standard InChI is InChI=1S/C14H14N4O/c1-8-13(9(2)18-17-8)16-14(19)12-7-10-5-3-4-6-11(10)15-12/h3-7,15H,1-2H3,(H,16,19)(H,17,18). The second-order valence-corrected chi connectivity index (χ2v) is 4.53. The van der Waals surface area contributed by atoms with E-state index in [0.717, 1.165) is 28.0 Å². The molecule has 3 aromatic rings. The summed E-state index contributed by atoms with van der Waals surface area (Å²) >= 11 is 0. The molecule has 5 nitrogen and oxygen atoms in total. The maximum absolute atomic E-state index is 12.2. The van der Waals surface area contributed by atoms with Crippen molar-refractivity contribution in [2.24, 2.45) is 0 Å². The summed E-state index contributed by atoms with van der Waals surface area (Å²) in [6, 6.07) is 9.64. The lowest BCUT2D eigenvalue weighted by Gasteiger charge is -2.03. The number of para-hydroxylation sites is 1. The molecule has 0 atom stereocenters. The highest BCUT2D eigenvalue weighted by molar-refractivity contribution is 6.06. The minimum atomic E-state index is -0.163. The number of amides is 1. The zero-order valence-electron chi connectivity index (χ0n) is 10.7. The van der Waals surface area contributed by atoms with Gasteiger partial charge in [0.15, 0.2) is 0 Å². The van der Waals surface area contributed by atoms with Gasteiger partial charge in [-0.1, -0.05) is 18.2 Å². The predicted molar refractivity (Wildman–Crippen MR) is 74.3 cm³/mol. The molecule has 1 amide bonds. The summed E-state index contributed by atoms with van der Waals surface area (Å²) in [5, 5.41) is 10.8. The number of carbonyl (C=O) groups excluding carboxylic acids is 1. The average Bonchev–Trinajstić information content (AvgIpc) is 2.97. The van der Waals surface area contributed by atoms with Crippen LogP contribution in [-0.2, 0) is 0 Å². The van der Waals surface area contributed by atoms with Gasteiger partial charge in [-0.15, -0.1) is 0 Å². The number of hydrogen-bond acceptors (Lipinski definition) is 2. The first-order chi connectivity index (χ1) is 9.15. The van der Waals surface area contributed by atoms with Crippen molar-refractivity contribution in [3.05, 3.63) is 47.4 Å². The van der Waals surface area contributed by atoms with E-state index in [9.17, 15) is 4.79 Å². The summed E-state index contributed by atoms with van der Waals surface area (Å²) in [6.07, 6.45) is 0. The van der Waals surface area contributed by atoms with E-state index in [-0.39, 0.29) is 5.91 Å². The predicted octanol–water partition coefficient (Wildman–Crippen LogP) is 2.76. The van der Waals surface area contributed by atoms with Crippen molar-refractivity contribution in [2.75, 3.05) is 5.32 Å². The average molecular weight is 254 g/mol. The second-order valence-electron chi connectivity index (χ2n) is 4.53. The first-order valence-electron chi connectivity index (χ1n) is 6.06. The number of aromatic nitrogens is 3. The fourth-order valence-corrected chi connectivity index (χ4v) is 2.11. The summed E-state index contributed by atoms with van der Waals surface area (Å²) in [7, 11) is 0. The Labute approximate surface area is 110 Å². The Morgan fingerprint density at radius 2 is 2.05 bits per heavy atom. The molecule has 0 aliphatic rings. The minimum absolute atomic E-state index is 0.163. The van der Waals surface area contributed by atoms with Gasteiger partial charge in [0.2, 0.25) is 0 Å². The molecule has 96 valence electrons. The van der Waals surface area contributed by atoms with E-state index >= 15 is 0 Å². The van der Waals surface area contributed by atoms with E-state index in [2.05, 4.69) is 20.5 Å². The third kappa shape index (κ3) is 1.99. The Morgan fingerprint density at radius 1 is 1.26 bits per heavy atom. The Morgan fingerprint density at radius 3 is 2.74 bits per heavy atom. The highest BCUT2D eigenvalue weighted by Crippen LogP contribution is 2.19. The van der Waals surface area contributed by atoms with Crippen molar-refractivity contribution in [3.8, 4) is 0 Å². The quantitative estimate of drug-likeness (QED) is 0.658. The Kier molecular flexibility index (Phi) is 2.59. The van der Waals surface area contributed by atoms with E-state index in [0.29, 0.717) is 5.69 Å². The van der Waals surface area contributed by atoms with Gasteiger partial charge < -0.3 is 10.3 Å². The lowest BCUT2D eigenvalue weighted by Crippen LogP contribution is -2.13. The number of aromatic amines is 2. The smallest absolute Gasteiger partial charge is 0.272 e. The van der Waals surface area contributed by atoms with Gasteiger partial charge in [0, 0.05) is 10.9 Å². The fraction of sp³-hybridized carbons (Fsp3) is 0.143. The van der Waals surface area contributed by atoms with Crippen LogP contribution in [0.1, 0.15) is 21.9 Å². The van der Waals surface area contributed by atoms with E-state index in [1.807, 2.05) is 44.2 Å². The van der Waals surface area contributed by atoms with Gasteiger partial charge in [0.1, 0.15) is 5.69 Å². The van der Waals surface area contributed by atoms with Gasteiger partial charge in [-0.25, -0.2) is 0 Å². The molecular weight excluding hydrogens is 240 g/mol. The summed E-state index contributed by atoms with van der Waals surface area (Å²) in [6.45, 7) is 3.73. The van der Waals surface area contributed by atoms with Crippen LogP contribution in [0.2, 0.25) is 0 Å². The largest absolute Gasteiger partial charge is 0.351 e. The summed E-state index contributed by atoms with van der Waals surface area (Å²) in [5.74, 6) is -0.163. The molecule has 5 heteroatoms. The molecule has 3 N–H and O–H groups in total. The maximum atomic E-state index is 12.2. The number of rotatable bonds is 2. The third-order valence-electron chi connectivity index (χ3n) is 3.14. The van der Waals surface area contributed by atoms with Crippen LogP contribution in [0.25, 0.3) is 10.9 Å². The van der Waals surface area contributed by atoms with Crippen LogP contribution < -0.4 is 5.32 Å². The SMILES string of the molecule is Cc1n[nH]c(C)c1NC(=O)c1cc2ccccc2[nH]1. The van der Waals surface area contributed by atoms with Gasteiger partial charge >= 0.3 is 0 Å². The first-order valence-corrected chi connectivity index (χ1v) is 6.06. The van der Waals surface area contributed by atoms with Crippen molar-refractivity contribution in [1.82, 2.24) is 15.2 Å². The molecule has 2 aromatic heterocycles. The number of anilines is 1. The maximum Gasteiger partial charge on any atom is 0.272 e. The molecule has 0 radical (unpaired) electrons. The van der Waals surface area contributed by atoms with E-state index in [1.54, 1.807) is 0 Å². The Hall–Kier alpha value is -2.56. The van der Waals surface area contributed by atoms with Crippen LogP contribution >= 0.6 is 0 Å². The number of nitrogens with zero attached hydrogens (tertiary/aromatic N) is 1. The lowest BCUT2D eigenvalue weighted by molar-refractivity contribution is 0.102. The van der Waals surface area contributed by atoms with E-state index in [4.69, 9.17) is 0 Å². The monoisotopic (exact) mass is 254 g/mol. The highest BCUT2D eigenvalue weighted by atomic mass is 16.1. The Bertz CT molecular complexity index is 701. The lowest BCUT2D eigenvalue weighted by atomic mass is 10.2. The van der Waals surface area contributed by atoms with Gasteiger partial charge in [-0.2, -0.15) is 5.10 Å². The number of fused-ring (bicyclic) bond motifs is 1. The van der Waals surface area contributed by atoms with Crippen LogP contribution in [0.5, 0.6) is 0 Å². The van der Waals surface area contributed by atoms with Crippen molar-refractivity contribution < 1.29 is 4.79 Å². The number of aryl methyl sites for hydroxylation is 2. The molecule has 0 fully saturated rings. The van der Waals surface area contributed by atoms with E-state index in [1.165, 1.54) is 0 Å². The van der Waals surface area contributed by atoms with Gasteiger partial charge in [0.25, 0.3) is 5.91 Å². The molecule has 19 heavy (non-hydrogen) atoms. The zero-order valence-corrected chi connectivity index (χ0v) is 10.7. The van der Waals surface area contributed by atoms with Crippen LogP contribution in [0.3, 0.4) is 0 Å². The Balaban J connectivity index is 1.92. The molecule has 0 aliphatic carbocycles. The van der Waals surface area contributed by atoms with Gasteiger partial charge in [0.05, 0.1) is 17.1 Å². The molecule has 0 saturated carbocycles. The van der Waals surface area contributed by atoms with Crippen molar-refractivity contribution >= 4 is 22.5 Å². The minimum Gasteiger partial charge on any atom is -0.351 e. The topological polar surface area (TPSA) is 73.6 Å². The molecule has 3 rings (SSSR count). The number of carbonyl (C=O) groups is 1. The number of benzene rings is 1. The molecule has 0 aliphatic heterocycles.